The Balaban J connectivity index is 1.69. The SMILES string of the molecule is CSc1nnc(C(F)F)n1N=Cc1ccc(COc2cc(C)cc(C)c2)o1. The van der Waals surface area contributed by atoms with Gasteiger partial charge in [0.2, 0.25) is 11.0 Å². The van der Waals surface area contributed by atoms with Crippen LogP contribution >= 0.6 is 11.8 Å². The van der Waals surface area contributed by atoms with E-state index < -0.39 is 12.2 Å². The molecule has 6 nitrogen and oxygen atoms in total. The van der Waals surface area contributed by atoms with Crippen molar-refractivity contribution < 1.29 is 17.9 Å². The topological polar surface area (TPSA) is 65.4 Å². The second kappa shape index (κ2) is 8.34. The molecule has 2 aromatic heterocycles. The van der Waals surface area contributed by atoms with E-state index in [2.05, 4.69) is 21.4 Å². The number of aryl methyl sites for hydroxylation is 2. The van der Waals surface area contributed by atoms with Crippen molar-refractivity contribution in [1.29, 1.82) is 0 Å². The summed E-state index contributed by atoms with van der Waals surface area (Å²) in [6.07, 6.45) is 0.282. The van der Waals surface area contributed by atoms with Crippen LogP contribution < -0.4 is 4.74 Å². The van der Waals surface area contributed by atoms with E-state index in [9.17, 15) is 8.78 Å². The molecule has 0 radical (unpaired) electrons. The van der Waals surface area contributed by atoms with Crippen molar-refractivity contribution >= 4 is 18.0 Å². The molecule has 0 spiro atoms. The third-order valence-corrected chi connectivity index (χ3v) is 4.19. The maximum atomic E-state index is 13.0. The van der Waals surface area contributed by atoms with Crippen molar-refractivity contribution in [1.82, 2.24) is 14.9 Å². The first kappa shape index (κ1) is 19.1. The number of aromatic nitrogens is 3. The number of hydrogen-bond donors (Lipinski definition) is 0. The molecule has 0 fully saturated rings. The Morgan fingerprint density at radius 1 is 1.22 bits per heavy atom. The number of alkyl halides is 2. The molecule has 0 atom stereocenters. The molecule has 0 aliphatic heterocycles. The van der Waals surface area contributed by atoms with Gasteiger partial charge in [-0.1, -0.05) is 17.8 Å². The molecule has 142 valence electrons. The maximum absolute atomic E-state index is 13.0. The quantitative estimate of drug-likeness (QED) is 0.434. The van der Waals surface area contributed by atoms with Gasteiger partial charge in [0.15, 0.2) is 0 Å². The van der Waals surface area contributed by atoms with Crippen LogP contribution in [0, 0.1) is 13.8 Å². The van der Waals surface area contributed by atoms with Gasteiger partial charge >= 0.3 is 0 Å². The lowest BCUT2D eigenvalue weighted by Crippen LogP contribution is -2.00. The minimum Gasteiger partial charge on any atom is -0.486 e. The molecular weight excluding hydrogens is 374 g/mol. The van der Waals surface area contributed by atoms with Gasteiger partial charge in [-0.3, -0.25) is 0 Å². The number of ether oxygens (including phenoxy) is 1. The van der Waals surface area contributed by atoms with Crippen LogP contribution in [0.25, 0.3) is 0 Å². The van der Waals surface area contributed by atoms with Gasteiger partial charge in [0.05, 0.1) is 6.21 Å². The Morgan fingerprint density at radius 2 is 1.96 bits per heavy atom. The number of furan rings is 1. The van der Waals surface area contributed by atoms with Gasteiger partial charge in [-0.25, -0.2) is 8.78 Å². The summed E-state index contributed by atoms with van der Waals surface area (Å²) in [5.74, 6) is 1.25. The number of nitrogens with zero attached hydrogens (tertiary/aromatic N) is 4. The Kier molecular flexibility index (Phi) is 5.90. The fraction of sp³-hybridized carbons (Fsp3) is 0.278. The van der Waals surface area contributed by atoms with Crippen LogP contribution in [-0.4, -0.2) is 27.3 Å². The smallest absolute Gasteiger partial charge is 0.299 e. The second-order valence-electron chi connectivity index (χ2n) is 5.82. The van der Waals surface area contributed by atoms with Gasteiger partial charge in [0.25, 0.3) is 6.43 Å². The molecule has 0 saturated heterocycles. The predicted molar refractivity (Wildman–Crippen MR) is 98.7 cm³/mol. The number of thioether (sulfide) groups is 1. The standard InChI is InChI=1S/C18H18F2N4O2S/c1-11-6-12(2)8-15(7-11)25-10-14-5-4-13(26-14)9-21-24-17(16(19)20)22-23-18(24)27-3/h4-9,16H,10H2,1-3H3. The first-order chi connectivity index (χ1) is 13.0. The number of hydrogen-bond acceptors (Lipinski definition) is 6. The van der Waals surface area contributed by atoms with E-state index >= 15 is 0 Å². The van der Waals surface area contributed by atoms with E-state index in [-0.39, 0.29) is 11.8 Å². The molecule has 0 saturated carbocycles. The van der Waals surface area contributed by atoms with Crippen LogP contribution in [0.3, 0.4) is 0 Å². The molecule has 0 aliphatic rings. The molecule has 0 aliphatic carbocycles. The van der Waals surface area contributed by atoms with Crippen LogP contribution in [-0.2, 0) is 6.61 Å². The largest absolute Gasteiger partial charge is 0.486 e. The Morgan fingerprint density at radius 3 is 2.63 bits per heavy atom. The third kappa shape index (κ3) is 4.73. The molecule has 0 bridgehead atoms. The maximum Gasteiger partial charge on any atom is 0.299 e. The number of benzene rings is 1. The molecule has 3 aromatic rings. The molecule has 0 amide bonds. The normalized spacial score (nSPS) is 11.6. The van der Waals surface area contributed by atoms with Crippen LogP contribution in [0.1, 0.15) is 34.9 Å². The van der Waals surface area contributed by atoms with Crippen molar-refractivity contribution in [2.75, 3.05) is 6.26 Å². The molecule has 9 heteroatoms. The highest BCUT2D eigenvalue weighted by Crippen LogP contribution is 2.22. The van der Waals surface area contributed by atoms with Crippen LogP contribution in [0.4, 0.5) is 8.78 Å². The van der Waals surface area contributed by atoms with Crippen molar-refractivity contribution in [3.05, 3.63) is 58.8 Å². The van der Waals surface area contributed by atoms with Crippen molar-refractivity contribution in [3.8, 4) is 5.75 Å². The zero-order chi connectivity index (χ0) is 19.4. The summed E-state index contributed by atoms with van der Waals surface area (Å²) in [5.41, 5.74) is 2.23. The summed E-state index contributed by atoms with van der Waals surface area (Å²) in [6, 6.07) is 9.39. The van der Waals surface area contributed by atoms with Crippen molar-refractivity contribution in [2.45, 2.75) is 32.0 Å². The fourth-order valence-corrected chi connectivity index (χ4v) is 2.91. The van der Waals surface area contributed by atoms with Gasteiger partial charge < -0.3 is 9.15 Å². The first-order valence-electron chi connectivity index (χ1n) is 8.08. The summed E-state index contributed by atoms with van der Waals surface area (Å²) in [5, 5.41) is 11.4. The number of rotatable bonds is 7. The van der Waals surface area contributed by atoms with Gasteiger partial charge in [0.1, 0.15) is 23.9 Å². The number of halogens is 2. The fourth-order valence-electron chi connectivity index (χ4n) is 2.48. The second-order valence-corrected chi connectivity index (χ2v) is 6.59. The first-order valence-corrected chi connectivity index (χ1v) is 9.30. The molecular formula is C18H18F2N4O2S. The molecule has 0 unspecified atom stereocenters. The summed E-state index contributed by atoms with van der Waals surface area (Å²) in [6.45, 7) is 4.26. The Hall–Kier alpha value is -2.68. The lowest BCUT2D eigenvalue weighted by atomic mass is 10.1. The summed E-state index contributed by atoms with van der Waals surface area (Å²) in [7, 11) is 0. The van der Waals surface area contributed by atoms with E-state index in [4.69, 9.17) is 9.15 Å². The van der Waals surface area contributed by atoms with Crippen LogP contribution in [0.15, 0.2) is 45.0 Å². The molecule has 1 aromatic carbocycles. The predicted octanol–water partition coefficient (Wildman–Crippen LogP) is 4.61. The van der Waals surface area contributed by atoms with E-state index in [0.717, 1.165) is 21.6 Å². The summed E-state index contributed by atoms with van der Waals surface area (Å²) in [4.78, 5) is 0. The van der Waals surface area contributed by atoms with E-state index in [1.807, 2.05) is 26.0 Å². The highest BCUT2D eigenvalue weighted by atomic mass is 32.2. The monoisotopic (exact) mass is 392 g/mol. The molecule has 3 rings (SSSR count). The zero-order valence-corrected chi connectivity index (χ0v) is 15.8. The zero-order valence-electron chi connectivity index (χ0n) is 15.0. The van der Waals surface area contributed by atoms with Gasteiger partial charge in [-0.15, -0.1) is 10.2 Å². The van der Waals surface area contributed by atoms with Crippen LogP contribution in [0.5, 0.6) is 5.75 Å². The van der Waals surface area contributed by atoms with E-state index in [1.165, 1.54) is 18.0 Å². The van der Waals surface area contributed by atoms with E-state index in [1.54, 1.807) is 18.4 Å². The Bertz CT molecular complexity index is 932. The van der Waals surface area contributed by atoms with Gasteiger partial charge in [-0.05, 0) is 55.5 Å². The van der Waals surface area contributed by atoms with Gasteiger partial charge in [-0.2, -0.15) is 9.78 Å². The van der Waals surface area contributed by atoms with Crippen molar-refractivity contribution in [3.63, 3.8) is 0 Å². The lowest BCUT2D eigenvalue weighted by Gasteiger charge is -2.06. The van der Waals surface area contributed by atoms with E-state index in [0.29, 0.717) is 11.5 Å². The molecule has 2 heterocycles. The molecule has 27 heavy (non-hydrogen) atoms. The minimum absolute atomic E-state index is 0.252. The average molecular weight is 392 g/mol. The summed E-state index contributed by atoms with van der Waals surface area (Å²) >= 11 is 1.17. The highest BCUT2D eigenvalue weighted by molar-refractivity contribution is 7.98. The minimum atomic E-state index is -2.77. The van der Waals surface area contributed by atoms with Gasteiger partial charge in [0, 0.05) is 0 Å². The summed E-state index contributed by atoms with van der Waals surface area (Å²) < 4.78 is 38.3. The average Bonchev–Trinajstić information content (AvgIpc) is 3.23. The van der Waals surface area contributed by atoms with Crippen LogP contribution in [0.2, 0.25) is 0 Å². The van der Waals surface area contributed by atoms with Crippen molar-refractivity contribution in [2.24, 2.45) is 5.10 Å². The molecule has 0 N–H and O–H groups in total. The third-order valence-electron chi connectivity index (χ3n) is 3.57. The Labute approximate surface area is 159 Å². The highest BCUT2D eigenvalue weighted by Gasteiger charge is 2.19. The lowest BCUT2D eigenvalue weighted by molar-refractivity contribution is 0.135.